The number of ether oxygens (including phenoxy) is 2. The van der Waals surface area contributed by atoms with E-state index in [0.717, 1.165) is 17.2 Å². The lowest BCUT2D eigenvalue weighted by molar-refractivity contribution is -0.118. The molecular weight excluding hydrogens is 880 g/mol. The second kappa shape index (κ2) is 24.4. The Morgan fingerprint density at radius 2 is 1.47 bits per heavy atom. The predicted molar refractivity (Wildman–Crippen MR) is 255 cm³/mol. The molecule has 5 amide bonds. The van der Waals surface area contributed by atoms with Crippen LogP contribution in [0.1, 0.15) is 46.8 Å². The van der Waals surface area contributed by atoms with Gasteiger partial charge in [0.05, 0.1) is 17.2 Å². The molecule has 0 bridgehead atoms. The highest BCUT2D eigenvalue weighted by Crippen LogP contribution is 2.27. The summed E-state index contributed by atoms with van der Waals surface area (Å²) in [5.74, 6) is -2.47. The van der Waals surface area contributed by atoms with Crippen molar-refractivity contribution in [1.29, 1.82) is 0 Å². The molecule has 2 atom stereocenters. The van der Waals surface area contributed by atoms with E-state index in [0.29, 0.717) is 36.2 Å². The Morgan fingerprint density at radius 1 is 0.838 bits per heavy atom. The average molecular weight is 937 g/mol. The number of urea groups is 1. The zero-order valence-corrected chi connectivity index (χ0v) is 37.6. The fourth-order valence-corrected chi connectivity index (χ4v) is 7.45. The quantitative estimate of drug-likeness (QED) is 0.0497. The first-order chi connectivity index (χ1) is 32.3. The van der Waals surface area contributed by atoms with Gasteiger partial charge in [0, 0.05) is 68.4 Å². The zero-order chi connectivity index (χ0) is 47.9. The second-order valence-electron chi connectivity index (χ2n) is 15.7. The van der Waals surface area contributed by atoms with Crippen molar-refractivity contribution in [2.45, 2.75) is 58.0 Å². The van der Waals surface area contributed by atoms with Gasteiger partial charge in [-0.1, -0.05) is 72.8 Å². The molecule has 6 rings (SSSR count). The molecule has 19 nitrogen and oxygen atoms in total. The largest absolute Gasteiger partial charge is 0.477 e. The number of hydrogen-bond acceptors (Lipinski definition) is 12. The monoisotopic (exact) mass is 936 g/mol. The van der Waals surface area contributed by atoms with Crippen LogP contribution in [0.25, 0.3) is 10.9 Å². The van der Waals surface area contributed by atoms with Gasteiger partial charge in [-0.25, -0.2) is 23.6 Å². The van der Waals surface area contributed by atoms with Gasteiger partial charge < -0.3 is 67.8 Å². The number of carboxylic acid groups (broad SMARTS) is 1. The summed E-state index contributed by atoms with van der Waals surface area (Å²) in [6.07, 6.45) is 2.48. The van der Waals surface area contributed by atoms with Crippen LogP contribution in [0.15, 0.2) is 120 Å². The number of rotatable bonds is 19. The number of aromatic nitrogens is 1. The van der Waals surface area contributed by atoms with Gasteiger partial charge in [-0.05, 0) is 67.1 Å². The van der Waals surface area contributed by atoms with Crippen LogP contribution in [0.3, 0.4) is 0 Å². The van der Waals surface area contributed by atoms with Crippen molar-refractivity contribution in [1.82, 2.24) is 31.6 Å². The molecule has 1 aromatic heterocycles. The number of amides is 5. The first kappa shape index (κ1) is 50.9. The molecule has 20 heteroatoms. The van der Waals surface area contributed by atoms with E-state index in [1.54, 1.807) is 40.7 Å². The number of carboxylic acids is 1. The predicted octanol–water partition coefficient (Wildman–Crippen LogP) is 5.16. The number of carbonyl (C=O) groups is 5. The number of alkyl carbamates (subject to hydrolysis) is 1. The molecule has 68 heavy (non-hydrogen) atoms. The van der Waals surface area contributed by atoms with Crippen molar-refractivity contribution < 1.29 is 42.9 Å². The Labute approximate surface area is 391 Å². The highest BCUT2D eigenvalue weighted by Gasteiger charge is 2.26. The summed E-state index contributed by atoms with van der Waals surface area (Å²) in [7, 11) is 0. The third kappa shape index (κ3) is 13.9. The van der Waals surface area contributed by atoms with E-state index in [4.69, 9.17) is 20.9 Å². The van der Waals surface area contributed by atoms with Crippen LogP contribution in [0.2, 0.25) is 0 Å². The Balaban J connectivity index is 0.00000864. The van der Waals surface area contributed by atoms with Crippen molar-refractivity contribution in [3.63, 3.8) is 0 Å². The SMILES string of the molecule is CCn1cc(C(=O)O)c(=O)c2cc(F)c(N3CCN(C(=O)OCc4ccc(NC(=O)[C@H](CCCNC(N)=O)N/C=C(\N)[C@H](Cc5ccccc5)NC(=O)OCc5ccccc5)cc4)CC3)cc21.N. The van der Waals surface area contributed by atoms with Gasteiger partial charge in [-0.3, -0.25) is 9.59 Å². The number of anilines is 2. The summed E-state index contributed by atoms with van der Waals surface area (Å²) in [5, 5.41) is 20.7. The summed E-state index contributed by atoms with van der Waals surface area (Å²) in [5.41, 5.74) is 14.3. The molecule has 0 aliphatic carbocycles. The van der Waals surface area contributed by atoms with Crippen LogP contribution in [0, 0.1) is 5.82 Å². The van der Waals surface area contributed by atoms with E-state index in [1.807, 2.05) is 60.7 Å². The smallest absolute Gasteiger partial charge is 0.410 e. The first-order valence-corrected chi connectivity index (χ1v) is 21.7. The summed E-state index contributed by atoms with van der Waals surface area (Å²) in [6, 6.07) is 25.8. The maximum atomic E-state index is 15.4. The highest BCUT2D eigenvalue weighted by atomic mass is 19.1. The van der Waals surface area contributed by atoms with E-state index in [1.165, 1.54) is 23.4 Å². The number of primary amides is 1. The fourth-order valence-electron chi connectivity index (χ4n) is 7.45. The number of nitrogens with one attached hydrogen (secondary N) is 4. The van der Waals surface area contributed by atoms with Crippen LogP contribution in [0.4, 0.5) is 30.1 Å². The van der Waals surface area contributed by atoms with E-state index in [2.05, 4.69) is 21.3 Å². The van der Waals surface area contributed by atoms with Crippen molar-refractivity contribution >= 4 is 52.4 Å². The number of benzene rings is 4. The topological polar surface area (TPSA) is 288 Å². The molecule has 0 radical (unpaired) electrons. The average Bonchev–Trinajstić information content (AvgIpc) is 3.33. The maximum Gasteiger partial charge on any atom is 0.410 e. The molecule has 1 fully saturated rings. The summed E-state index contributed by atoms with van der Waals surface area (Å²) >= 11 is 0. The number of piperazine rings is 1. The first-order valence-electron chi connectivity index (χ1n) is 21.7. The van der Waals surface area contributed by atoms with E-state index in [-0.39, 0.29) is 75.3 Å². The molecule has 2 heterocycles. The molecular formula is C48H57FN10O9. The van der Waals surface area contributed by atoms with Gasteiger partial charge in [0.25, 0.3) is 0 Å². The molecule has 1 aliphatic heterocycles. The third-order valence-electron chi connectivity index (χ3n) is 11.1. The van der Waals surface area contributed by atoms with Crippen LogP contribution in [-0.2, 0) is 40.4 Å². The van der Waals surface area contributed by atoms with E-state index >= 15 is 4.39 Å². The third-order valence-corrected chi connectivity index (χ3v) is 11.1. The van der Waals surface area contributed by atoms with Crippen molar-refractivity contribution in [3.8, 4) is 0 Å². The standard InChI is InChI=1S/C48H54FN9O9.H3N/c1-2-56-28-36(45(61)62)43(59)35-25-37(49)42(26-41(35)56)57-20-22-58(23-21-57)48(65)67-30-33-15-17-34(18-16-33)54-44(60)39(14-9-19-52-46(51)63)53-27-38(50)40(24-31-10-5-3-6-11-31)55-47(64)66-29-32-12-7-4-8-13-32;/h3-8,10-13,15-18,25-28,39-40,53H,2,9,14,19-24,29-30,50H2,1H3,(H,54,60)(H,55,64)(H,61,62)(H3,51,52,63);1H3/b38-27-;/t39-,40-;/m0./s1. The highest BCUT2D eigenvalue weighted by molar-refractivity contribution is 5.95. The minimum atomic E-state index is -1.39. The summed E-state index contributed by atoms with van der Waals surface area (Å²) < 4.78 is 28.0. The van der Waals surface area contributed by atoms with Gasteiger partial charge in [-0.2, -0.15) is 0 Å². The van der Waals surface area contributed by atoms with Crippen molar-refractivity contribution in [3.05, 3.63) is 153 Å². The van der Waals surface area contributed by atoms with Crippen LogP contribution in [-0.4, -0.2) is 89.5 Å². The molecule has 12 N–H and O–H groups in total. The molecule has 5 aromatic rings. The number of fused-ring (bicyclic) bond motifs is 1. The molecule has 4 aromatic carbocycles. The number of aryl methyl sites for hydroxylation is 1. The van der Waals surface area contributed by atoms with E-state index in [9.17, 15) is 33.9 Å². The van der Waals surface area contributed by atoms with Gasteiger partial charge in [0.1, 0.15) is 30.6 Å². The molecule has 0 spiro atoms. The van der Waals surface area contributed by atoms with Crippen molar-refractivity contribution in [2.75, 3.05) is 42.9 Å². The Morgan fingerprint density at radius 3 is 2.10 bits per heavy atom. The number of aromatic carboxylic acids is 1. The number of halogens is 1. The minimum absolute atomic E-state index is 0. The lowest BCUT2D eigenvalue weighted by Crippen LogP contribution is -2.49. The van der Waals surface area contributed by atoms with Crippen molar-refractivity contribution in [2.24, 2.45) is 11.5 Å². The normalized spacial score (nSPS) is 13.4. The van der Waals surface area contributed by atoms with E-state index < -0.39 is 59.0 Å². The Bertz CT molecular complexity index is 2620. The van der Waals surface area contributed by atoms with Crippen LogP contribution in [0.5, 0.6) is 0 Å². The minimum Gasteiger partial charge on any atom is -0.477 e. The lowest BCUT2D eigenvalue weighted by Gasteiger charge is -2.35. The second-order valence-corrected chi connectivity index (χ2v) is 15.7. The molecule has 1 saturated heterocycles. The lowest BCUT2D eigenvalue weighted by atomic mass is 10.0. The van der Waals surface area contributed by atoms with Gasteiger partial charge in [0.2, 0.25) is 11.3 Å². The molecule has 1 aliphatic rings. The zero-order valence-electron chi connectivity index (χ0n) is 37.6. The number of carbonyl (C=O) groups excluding carboxylic acids is 4. The van der Waals surface area contributed by atoms with Gasteiger partial charge >= 0.3 is 24.2 Å². The number of pyridine rings is 1. The van der Waals surface area contributed by atoms with Gasteiger partial charge in [-0.15, -0.1) is 0 Å². The summed E-state index contributed by atoms with van der Waals surface area (Å²) in [4.78, 5) is 78.6. The fraction of sp³-hybridized carbons (Fsp3) is 0.292. The number of nitrogens with two attached hydrogens (primary N) is 2. The van der Waals surface area contributed by atoms with Gasteiger partial charge in [0.15, 0.2) is 0 Å². The molecule has 0 unspecified atom stereocenters. The maximum absolute atomic E-state index is 15.4. The molecule has 360 valence electrons. The summed E-state index contributed by atoms with van der Waals surface area (Å²) in [6.45, 7) is 3.41. The number of nitrogens with zero attached hydrogens (tertiary/aromatic N) is 3. The number of hydrogen-bond donors (Lipinski definition) is 8. The van der Waals surface area contributed by atoms with Crippen LogP contribution < -0.4 is 49.2 Å². The Hall–Kier alpha value is -8.13. The van der Waals surface area contributed by atoms with Crippen LogP contribution >= 0.6 is 0 Å². The Kier molecular flexibility index (Phi) is 18.3. The molecule has 0 saturated carbocycles.